The number of thiazole rings is 1. The van der Waals surface area contributed by atoms with Gasteiger partial charge in [0.1, 0.15) is 5.82 Å². The predicted octanol–water partition coefficient (Wildman–Crippen LogP) is 3.11. The van der Waals surface area contributed by atoms with E-state index in [0.29, 0.717) is 6.54 Å². The Balaban J connectivity index is 0.00000261. The molecule has 0 spiro atoms. The second kappa shape index (κ2) is 10.5. The molecule has 0 aliphatic heterocycles. The third-order valence-corrected chi connectivity index (χ3v) is 5.04. The lowest BCUT2D eigenvalue weighted by molar-refractivity contribution is 0.715. The summed E-state index contributed by atoms with van der Waals surface area (Å²) < 4.78 is 2.04. The van der Waals surface area contributed by atoms with Gasteiger partial charge in [0.15, 0.2) is 11.6 Å². The van der Waals surface area contributed by atoms with Gasteiger partial charge in [0.2, 0.25) is 0 Å². The van der Waals surface area contributed by atoms with Crippen LogP contribution in [0.15, 0.2) is 29.4 Å². The van der Waals surface area contributed by atoms with Crippen molar-refractivity contribution in [2.24, 2.45) is 4.99 Å². The van der Waals surface area contributed by atoms with Crippen molar-refractivity contribution in [2.75, 3.05) is 13.1 Å². The van der Waals surface area contributed by atoms with Crippen LogP contribution in [0.5, 0.6) is 0 Å². The summed E-state index contributed by atoms with van der Waals surface area (Å²) in [5.41, 5.74) is 1.96. The predicted molar refractivity (Wildman–Crippen MR) is 121 cm³/mol. The Kier molecular flexibility index (Phi) is 8.42. The molecule has 0 saturated carbocycles. The Bertz CT molecular complexity index is 887. The normalized spacial score (nSPS) is 11.4. The molecule has 7 nitrogen and oxygen atoms in total. The van der Waals surface area contributed by atoms with Gasteiger partial charge in [-0.1, -0.05) is 6.07 Å². The highest BCUT2D eigenvalue weighted by Gasteiger charge is 2.06. The molecule has 0 aromatic carbocycles. The molecule has 3 aromatic rings. The number of fused-ring (bicyclic) bond motifs is 1. The van der Waals surface area contributed by atoms with E-state index in [2.05, 4.69) is 37.7 Å². The summed E-state index contributed by atoms with van der Waals surface area (Å²) in [6.07, 6.45) is 3.83. The number of halogens is 1. The van der Waals surface area contributed by atoms with Crippen LogP contribution in [0.2, 0.25) is 0 Å². The average molecular weight is 499 g/mol. The zero-order valence-corrected chi connectivity index (χ0v) is 19.0. The molecule has 3 aromatic heterocycles. The Morgan fingerprint density at radius 1 is 1.22 bits per heavy atom. The van der Waals surface area contributed by atoms with E-state index in [1.807, 2.05) is 42.6 Å². The van der Waals surface area contributed by atoms with Crippen LogP contribution in [0.3, 0.4) is 0 Å². The number of nitrogens with one attached hydrogen (secondary N) is 2. The SMILES string of the molecule is CCNC(=NCc1sc(C)nc1C)NCCCc1nnc2ccccn12.I. The Labute approximate surface area is 180 Å². The fourth-order valence-corrected chi connectivity index (χ4v) is 3.59. The lowest BCUT2D eigenvalue weighted by Crippen LogP contribution is -2.37. The molecule has 0 fully saturated rings. The molecular formula is C18H26IN7S. The van der Waals surface area contributed by atoms with Gasteiger partial charge in [-0.2, -0.15) is 0 Å². The Morgan fingerprint density at radius 3 is 2.81 bits per heavy atom. The number of aliphatic imine (C=N–C) groups is 1. The van der Waals surface area contributed by atoms with E-state index in [1.54, 1.807) is 11.3 Å². The number of pyridine rings is 1. The minimum Gasteiger partial charge on any atom is -0.357 e. The molecule has 0 unspecified atom stereocenters. The summed E-state index contributed by atoms with van der Waals surface area (Å²) in [6.45, 7) is 8.46. The summed E-state index contributed by atoms with van der Waals surface area (Å²) in [6, 6.07) is 5.94. The first-order chi connectivity index (χ1) is 12.7. The van der Waals surface area contributed by atoms with Gasteiger partial charge in [-0.3, -0.25) is 4.40 Å². The zero-order valence-electron chi connectivity index (χ0n) is 15.9. The fraction of sp³-hybridized carbons (Fsp3) is 0.444. The van der Waals surface area contributed by atoms with Crippen molar-refractivity contribution in [1.29, 1.82) is 0 Å². The van der Waals surface area contributed by atoms with Crippen LogP contribution in [0.25, 0.3) is 5.65 Å². The van der Waals surface area contributed by atoms with Crippen LogP contribution < -0.4 is 10.6 Å². The molecule has 0 bridgehead atoms. The smallest absolute Gasteiger partial charge is 0.191 e. The molecule has 0 saturated heterocycles. The van der Waals surface area contributed by atoms with E-state index < -0.39 is 0 Å². The number of hydrogen-bond donors (Lipinski definition) is 2. The number of nitrogens with zero attached hydrogens (tertiary/aromatic N) is 5. The maximum atomic E-state index is 4.67. The molecule has 27 heavy (non-hydrogen) atoms. The first-order valence-corrected chi connectivity index (χ1v) is 9.72. The summed E-state index contributed by atoms with van der Waals surface area (Å²) in [4.78, 5) is 10.3. The van der Waals surface area contributed by atoms with Crippen molar-refractivity contribution in [3.63, 3.8) is 0 Å². The summed E-state index contributed by atoms with van der Waals surface area (Å²) in [5.74, 6) is 1.82. The molecule has 2 N–H and O–H groups in total. The van der Waals surface area contributed by atoms with E-state index >= 15 is 0 Å². The highest BCUT2D eigenvalue weighted by Crippen LogP contribution is 2.17. The summed E-state index contributed by atoms with van der Waals surface area (Å²) in [7, 11) is 0. The third-order valence-electron chi connectivity index (χ3n) is 3.98. The number of rotatable bonds is 7. The average Bonchev–Trinajstić information content (AvgIpc) is 3.19. The minimum atomic E-state index is 0. The number of aryl methyl sites for hydroxylation is 3. The molecule has 9 heteroatoms. The number of guanidine groups is 1. The molecule has 0 radical (unpaired) electrons. The molecule has 0 aliphatic carbocycles. The standard InChI is InChI=1S/C18H25N7S.HI/c1-4-19-18(21-12-15-13(2)22-14(3)26-15)20-10-7-9-17-24-23-16-8-5-6-11-25(16)17;/h5-6,8,11H,4,7,9-10,12H2,1-3H3,(H2,19,20,21);1H. The monoisotopic (exact) mass is 499 g/mol. The van der Waals surface area contributed by atoms with Crippen LogP contribution >= 0.6 is 35.3 Å². The molecule has 0 aliphatic rings. The van der Waals surface area contributed by atoms with E-state index in [-0.39, 0.29) is 24.0 Å². The van der Waals surface area contributed by atoms with Gasteiger partial charge in [-0.05, 0) is 39.3 Å². The number of hydrogen-bond acceptors (Lipinski definition) is 5. The molecule has 146 valence electrons. The van der Waals surface area contributed by atoms with Crippen LogP contribution in [-0.2, 0) is 13.0 Å². The largest absolute Gasteiger partial charge is 0.357 e. The van der Waals surface area contributed by atoms with E-state index in [1.165, 1.54) is 4.88 Å². The van der Waals surface area contributed by atoms with E-state index in [0.717, 1.165) is 54.1 Å². The van der Waals surface area contributed by atoms with Crippen molar-refractivity contribution in [2.45, 2.75) is 40.2 Å². The van der Waals surface area contributed by atoms with Crippen molar-refractivity contribution >= 4 is 46.9 Å². The first kappa shape index (κ1) is 21.5. The highest BCUT2D eigenvalue weighted by atomic mass is 127. The maximum absolute atomic E-state index is 4.67. The van der Waals surface area contributed by atoms with Crippen LogP contribution in [0.1, 0.15) is 34.7 Å². The van der Waals surface area contributed by atoms with Gasteiger partial charge in [-0.15, -0.1) is 45.5 Å². The van der Waals surface area contributed by atoms with Gasteiger partial charge in [0.25, 0.3) is 0 Å². The number of aromatic nitrogens is 4. The quantitative estimate of drug-likeness (QED) is 0.226. The lowest BCUT2D eigenvalue weighted by Gasteiger charge is -2.10. The van der Waals surface area contributed by atoms with Gasteiger partial charge < -0.3 is 10.6 Å². The van der Waals surface area contributed by atoms with Gasteiger partial charge in [-0.25, -0.2) is 9.98 Å². The molecule has 3 heterocycles. The summed E-state index contributed by atoms with van der Waals surface area (Å²) >= 11 is 1.71. The van der Waals surface area contributed by atoms with Crippen LogP contribution in [0, 0.1) is 13.8 Å². The van der Waals surface area contributed by atoms with Crippen molar-refractivity contribution in [3.8, 4) is 0 Å². The second-order valence-corrected chi connectivity index (χ2v) is 7.30. The molecular weight excluding hydrogens is 473 g/mol. The Morgan fingerprint density at radius 2 is 2.07 bits per heavy atom. The van der Waals surface area contributed by atoms with E-state index in [4.69, 9.17) is 0 Å². The van der Waals surface area contributed by atoms with Gasteiger partial charge >= 0.3 is 0 Å². The first-order valence-electron chi connectivity index (χ1n) is 8.91. The van der Waals surface area contributed by atoms with E-state index in [9.17, 15) is 0 Å². The molecule has 0 atom stereocenters. The van der Waals surface area contributed by atoms with Crippen molar-refractivity contribution < 1.29 is 0 Å². The topological polar surface area (TPSA) is 79.5 Å². The second-order valence-electron chi connectivity index (χ2n) is 6.01. The lowest BCUT2D eigenvalue weighted by atomic mass is 10.3. The maximum Gasteiger partial charge on any atom is 0.191 e. The van der Waals surface area contributed by atoms with Gasteiger partial charge in [0, 0.05) is 30.6 Å². The minimum absolute atomic E-state index is 0. The fourth-order valence-electron chi connectivity index (χ4n) is 2.73. The van der Waals surface area contributed by atoms with Crippen LogP contribution in [-0.4, -0.2) is 38.6 Å². The van der Waals surface area contributed by atoms with Crippen molar-refractivity contribution in [1.82, 2.24) is 30.2 Å². The van der Waals surface area contributed by atoms with Crippen molar-refractivity contribution in [3.05, 3.63) is 45.8 Å². The Hall–Kier alpha value is -1.75. The molecule has 0 amide bonds. The van der Waals surface area contributed by atoms with Gasteiger partial charge in [0.05, 0.1) is 17.2 Å². The zero-order chi connectivity index (χ0) is 18.4. The molecule has 3 rings (SSSR count). The highest BCUT2D eigenvalue weighted by molar-refractivity contribution is 14.0. The summed E-state index contributed by atoms with van der Waals surface area (Å²) in [5, 5.41) is 16.2. The third kappa shape index (κ3) is 5.86. The van der Waals surface area contributed by atoms with Crippen LogP contribution in [0.4, 0.5) is 0 Å².